The van der Waals surface area contributed by atoms with Crippen molar-refractivity contribution in [3.8, 4) is 0 Å². The second-order valence-electron chi connectivity index (χ2n) is 2.97. The molecule has 0 rings (SSSR count). The summed E-state index contributed by atoms with van der Waals surface area (Å²) in [5.74, 6) is -7.70. The Morgan fingerprint density at radius 3 is 2.20 bits per heavy atom. The molecule has 0 aliphatic carbocycles. The van der Waals surface area contributed by atoms with Crippen molar-refractivity contribution in [2.45, 2.75) is 31.5 Å². The molecule has 0 aliphatic heterocycles. The van der Waals surface area contributed by atoms with E-state index in [0.29, 0.717) is 0 Å². The van der Waals surface area contributed by atoms with Gasteiger partial charge in [0.1, 0.15) is 0 Å². The minimum absolute atomic E-state index is 0.111. The average Bonchev–Trinajstić information content (AvgIpc) is 2.02. The highest BCUT2D eigenvalue weighted by Crippen LogP contribution is 2.35. The third-order valence-corrected chi connectivity index (χ3v) is 1.54. The Morgan fingerprint density at radius 1 is 1.40 bits per heavy atom. The number of carbonyl (C=O) groups excluding carboxylic acids is 1. The van der Waals surface area contributed by atoms with Crippen molar-refractivity contribution in [1.29, 1.82) is 0 Å². The average molecular weight is 231 g/mol. The molecule has 1 N–H and O–H groups in total. The summed E-state index contributed by atoms with van der Waals surface area (Å²) in [6.45, 7) is 4.56. The summed E-state index contributed by atoms with van der Waals surface area (Å²) in [4.78, 5) is 10.6. The van der Waals surface area contributed by atoms with E-state index in [-0.39, 0.29) is 6.42 Å². The lowest BCUT2D eigenvalue weighted by atomic mass is 10.2. The van der Waals surface area contributed by atoms with Gasteiger partial charge in [-0.1, -0.05) is 6.08 Å². The van der Waals surface area contributed by atoms with Crippen LogP contribution in [-0.2, 0) is 4.79 Å². The maximum atomic E-state index is 12.4. The number of halogens is 5. The normalized spacial score (nSPS) is 14.5. The van der Waals surface area contributed by atoms with Gasteiger partial charge in [-0.25, -0.2) is 0 Å². The molecule has 0 saturated carbocycles. The Labute approximate surface area is 83.1 Å². The fourth-order valence-electron chi connectivity index (χ4n) is 0.752. The van der Waals surface area contributed by atoms with Crippen molar-refractivity contribution in [1.82, 2.24) is 5.32 Å². The standard InChI is InChI=1S/C8H10F5NO/c1-3-4-5(2)14-6(15)7(9,10)8(11,12)13/h3,5H,1,4H2,2H3,(H,14,15). The summed E-state index contributed by atoms with van der Waals surface area (Å²) >= 11 is 0. The zero-order valence-corrected chi connectivity index (χ0v) is 7.87. The second-order valence-corrected chi connectivity index (χ2v) is 2.97. The number of amides is 1. The van der Waals surface area contributed by atoms with Gasteiger partial charge in [0.05, 0.1) is 0 Å². The highest BCUT2D eigenvalue weighted by atomic mass is 19.4. The Balaban J connectivity index is 4.51. The molecule has 1 atom stereocenters. The highest BCUT2D eigenvalue weighted by molar-refractivity contribution is 5.84. The van der Waals surface area contributed by atoms with Crippen LogP contribution < -0.4 is 5.32 Å². The molecule has 0 spiro atoms. The fourth-order valence-corrected chi connectivity index (χ4v) is 0.752. The van der Waals surface area contributed by atoms with E-state index in [1.54, 1.807) is 5.32 Å². The van der Waals surface area contributed by atoms with Crippen LogP contribution in [0.2, 0.25) is 0 Å². The lowest BCUT2D eigenvalue weighted by Crippen LogP contribution is -2.52. The number of rotatable bonds is 4. The fraction of sp³-hybridized carbons (Fsp3) is 0.625. The van der Waals surface area contributed by atoms with Crippen LogP contribution >= 0.6 is 0 Å². The van der Waals surface area contributed by atoms with Crippen molar-refractivity contribution in [2.24, 2.45) is 0 Å². The molecule has 15 heavy (non-hydrogen) atoms. The molecule has 0 heterocycles. The molecule has 0 aromatic carbocycles. The largest absolute Gasteiger partial charge is 0.463 e. The van der Waals surface area contributed by atoms with Gasteiger partial charge in [0, 0.05) is 6.04 Å². The van der Waals surface area contributed by atoms with Crippen LogP contribution in [0.15, 0.2) is 12.7 Å². The molecular weight excluding hydrogens is 221 g/mol. The van der Waals surface area contributed by atoms with Crippen LogP contribution in [0.1, 0.15) is 13.3 Å². The summed E-state index contributed by atoms with van der Waals surface area (Å²) < 4.78 is 59.8. The summed E-state index contributed by atoms with van der Waals surface area (Å²) in [6, 6.07) is -0.816. The first-order chi connectivity index (χ1) is 6.63. The Morgan fingerprint density at radius 2 is 1.87 bits per heavy atom. The van der Waals surface area contributed by atoms with Gasteiger partial charge < -0.3 is 5.32 Å². The van der Waals surface area contributed by atoms with Crippen LogP contribution in [0.5, 0.6) is 0 Å². The molecule has 0 saturated heterocycles. The Kier molecular flexibility index (Phi) is 4.24. The summed E-state index contributed by atoms with van der Waals surface area (Å²) in [6.07, 6.45) is -4.46. The van der Waals surface area contributed by atoms with Gasteiger partial charge in [-0.2, -0.15) is 22.0 Å². The van der Waals surface area contributed by atoms with Gasteiger partial charge in [-0.15, -0.1) is 6.58 Å². The molecule has 1 unspecified atom stereocenters. The smallest absolute Gasteiger partial charge is 0.348 e. The van der Waals surface area contributed by atoms with E-state index < -0.39 is 24.0 Å². The van der Waals surface area contributed by atoms with Gasteiger partial charge in [0.2, 0.25) is 0 Å². The van der Waals surface area contributed by atoms with Crippen molar-refractivity contribution >= 4 is 5.91 Å². The second kappa shape index (κ2) is 4.59. The van der Waals surface area contributed by atoms with Crippen LogP contribution in [0.4, 0.5) is 22.0 Å². The first kappa shape index (κ1) is 13.9. The zero-order chi connectivity index (χ0) is 12.3. The minimum Gasteiger partial charge on any atom is -0.348 e. The van der Waals surface area contributed by atoms with E-state index in [1.165, 1.54) is 13.0 Å². The van der Waals surface area contributed by atoms with Crippen molar-refractivity contribution < 1.29 is 26.7 Å². The first-order valence-electron chi connectivity index (χ1n) is 3.99. The third kappa shape index (κ3) is 3.49. The van der Waals surface area contributed by atoms with Crippen molar-refractivity contribution in [3.05, 3.63) is 12.7 Å². The molecule has 1 amide bonds. The summed E-state index contributed by atoms with van der Waals surface area (Å²) in [5, 5.41) is 1.55. The Hall–Kier alpha value is -1.14. The quantitative estimate of drug-likeness (QED) is 0.583. The molecule has 2 nitrogen and oxygen atoms in total. The van der Waals surface area contributed by atoms with E-state index in [9.17, 15) is 26.7 Å². The molecule has 88 valence electrons. The molecule has 0 aliphatic rings. The number of hydrogen-bond acceptors (Lipinski definition) is 1. The summed E-state index contributed by atoms with van der Waals surface area (Å²) in [5.41, 5.74) is 0. The van der Waals surface area contributed by atoms with Crippen LogP contribution in [0.3, 0.4) is 0 Å². The predicted octanol–water partition coefficient (Wildman–Crippen LogP) is 2.26. The van der Waals surface area contributed by atoms with E-state index >= 15 is 0 Å². The SMILES string of the molecule is C=CCC(C)NC(=O)C(F)(F)C(F)(F)F. The van der Waals surface area contributed by atoms with E-state index in [2.05, 4.69) is 6.58 Å². The van der Waals surface area contributed by atoms with Crippen LogP contribution in [-0.4, -0.2) is 24.0 Å². The van der Waals surface area contributed by atoms with E-state index in [4.69, 9.17) is 0 Å². The van der Waals surface area contributed by atoms with Gasteiger partial charge in [0.15, 0.2) is 0 Å². The molecule has 0 radical (unpaired) electrons. The number of nitrogens with one attached hydrogen (secondary N) is 1. The monoisotopic (exact) mass is 231 g/mol. The van der Waals surface area contributed by atoms with Gasteiger partial charge in [-0.3, -0.25) is 4.79 Å². The van der Waals surface area contributed by atoms with Gasteiger partial charge in [-0.05, 0) is 13.3 Å². The van der Waals surface area contributed by atoms with Crippen molar-refractivity contribution in [3.63, 3.8) is 0 Å². The summed E-state index contributed by atoms with van der Waals surface area (Å²) in [7, 11) is 0. The topological polar surface area (TPSA) is 29.1 Å². The highest BCUT2D eigenvalue weighted by Gasteiger charge is 2.63. The van der Waals surface area contributed by atoms with E-state index in [1.807, 2.05) is 0 Å². The molecule has 0 bridgehead atoms. The molecule has 0 aromatic heterocycles. The van der Waals surface area contributed by atoms with Crippen molar-refractivity contribution in [2.75, 3.05) is 0 Å². The predicted molar refractivity (Wildman–Crippen MR) is 43.4 cm³/mol. The number of carbonyl (C=O) groups is 1. The Bertz CT molecular complexity index is 248. The number of alkyl halides is 5. The van der Waals surface area contributed by atoms with Crippen LogP contribution in [0.25, 0.3) is 0 Å². The third-order valence-electron chi connectivity index (χ3n) is 1.54. The molecule has 0 aromatic rings. The minimum atomic E-state index is -5.87. The lowest BCUT2D eigenvalue weighted by molar-refractivity contribution is -0.270. The molecule has 0 fully saturated rings. The van der Waals surface area contributed by atoms with Crippen LogP contribution in [0, 0.1) is 0 Å². The maximum Gasteiger partial charge on any atom is 0.463 e. The number of hydrogen-bond donors (Lipinski definition) is 1. The first-order valence-corrected chi connectivity index (χ1v) is 3.99. The van der Waals surface area contributed by atoms with Gasteiger partial charge in [0.25, 0.3) is 0 Å². The maximum absolute atomic E-state index is 12.4. The lowest BCUT2D eigenvalue weighted by Gasteiger charge is -2.20. The molecular formula is C8H10F5NO. The van der Waals surface area contributed by atoms with E-state index in [0.717, 1.165) is 0 Å². The zero-order valence-electron chi connectivity index (χ0n) is 7.87. The van der Waals surface area contributed by atoms with Gasteiger partial charge >= 0.3 is 18.0 Å². The molecule has 7 heteroatoms.